The average molecular weight is 443 g/mol. The summed E-state index contributed by atoms with van der Waals surface area (Å²) in [6.07, 6.45) is 0. The molecule has 1 aliphatic rings. The zero-order chi connectivity index (χ0) is 19.8. The first-order chi connectivity index (χ1) is 11.9. The van der Waals surface area contributed by atoms with Crippen LogP contribution in [0.25, 0.3) is 0 Å². The Morgan fingerprint density at radius 2 is 1.88 bits per heavy atom. The number of nitrogens with one attached hydrogen (secondary N) is 1. The molecule has 10 heteroatoms. The molecule has 0 aromatic carbocycles. The minimum atomic E-state index is -3.76. The van der Waals surface area contributed by atoms with Crippen molar-refractivity contribution in [3.63, 3.8) is 0 Å². The van der Waals surface area contributed by atoms with Crippen molar-refractivity contribution in [1.29, 1.82) is 0 Å². The maximum atomic E-state index is 13.0. The van der Waals surface area contributed by atoms with Crippen LogP contribution in [0.2, 0.25) is 4.34 Å². The van der Waals surface area contributed by atoms with Crippen LogP contribution in [0.1, 0.15) is 27.7 Å². The summed E-state index contributed by atoms with van der Waals surface area (Å²) in [6, 6.07) is 2.35. The predicted octanol–water partition coefficient (Wildman–Crippen LogP) is 2.05. The van der Waals surface area contributed by atoms with Gasteiger partial charge in [0, 0.05) is 18.1 Å². The third kappa shape index (κ3) is 4.80. The van der Waals surface area contributed by atoms with E-state index in [1.165, 1.54) is 12.1 Å². The Morgan fingerprint density at radius 1 is 1.27 bits per heavy atom. The van der Waals surface area contributed by atoms with Gasteiger partial charge in [-0.2, -0.15) is 0 Å². The summed E-state index contributed by atoms with van der Waals surface area (Å²) < 4.78 is 50.7. The van der Waals surface area contributed by atoms with E-state index in [0.717, 1.165) is 24.4 Å². The summed E-state index contributed by atoms with van der Waals surface area (Å²) in [7, 11) is -7.17. The fourth-order valence-electron chi connectivity index (χ4n) is 3.48. The quantitative estimate of drug-likeness (QED) is 0.663. The van der Waals surface area contributed by atoms with Crippen LogP contribution in [0.15, 0.2) is 16.3 Å². The Balaban J connectivity index is 2.23. The summed E-state index contributed by atoms with van der Waals surface area (Å²) >= 11 is 6.83. The van der Waals surface area contributed by atoms with E-state index in [1.807, 2.05) is 0 Å². The maximum Gasteiger partial charge on any atom is 0.193 e. The highest BCUT2D eigenvalue weighted by molar-refractivity contribution is 7.97. The van der Waals surface area contributed by atoms with Gasteiger partial charge < -0.3 is 5.32 Å². The number of hydrogen-bond acceptors (Lipinski definition) is 7. The van der Waals surface area contributed by atoms with Crippen molar-refractivity contribution in [2.75, 3.05) is 31.1 Å². The van der Waals surface area contributed by atoms with Gasteiger partial charge in [0.2, 0.25) is 0 Å². The van der Waals surface area contributed by atoms with Crippen LogP contribution in [-0.4, -0.2) is 69.7 Å². The zero-order valence-electron chi connectivity index (χ0n) is 15.5. The maximum absolute atomic E-state index is 13.0. The topological polar surface area (TPSA) is 83.6 Å². The summed E-state index contributed by atoms with van der Waals surface area (Å²) in [5, 5.41) is 2.24. The molecule has 0 amide bonds. The van der Waals surface area contributed by atoms with Gasteiger partial charge in [0.05, 0.1) is 21.1 Å². The highest BCUT2D eigenvalue weighted by Gasteiger charge is 2.46. The molecule has 0 bridgehead atoms. The molecule has 1 fully saturated rings. The number of hydrogen-bond donors (Lipinski definition) is 1. The van der Waals surface area contributed by atoms with Crippen LogP contribution in [0.3, 0.4) is 0 Å². The summed E-state index contributed by atoms with van der Waals surface area (Å²) in [5.41, 5.74) is -0.212. The standard InChI is InChI=1S/C16H27ClN2O4S3/c1-5-19(6-2)16(3,4)11-18-12-9-25(20,21)10-13(12)26(22,23)15-8-7-14(17)24-15/h7-8,12-13,18H,5-6,9-11H2,1-4H3/t12-,13-/m0/s1. The van der Waals surface area contributed by atoms with Gasteiger partial charge in [-0.05, 0) is 39.1 Å². The number of nitrogens with zero attached hydrogens (tertiary/aromatic N) is 1. The van der Waals surface area contributed by atoms with E-state index in [0.29, 0.717) is 10.9 Å². The second-order valence-corrected chi connectivity index (χ2v) is 13.5. The molecule has 0 radical (unpaired) electrons. The SMILES string of the molecule is CCN(CC)C(C)(C)CN[C@H]1CS(=O)(=O)C[C@@H]1S(=O)(=O)c1ccc(Cl)s1. The molecular formula is C16H27ClN2O4S3. The number of sulfone groups is 2. The summed E-state index contributed by atoms with van der Waals surface area (Å²) in [4.78, 5) is 2.26. The van der Waals surface area contributed by atoms with Crippen molar-refractivity contribution in [3.8, 4) is 0 Å². The molecule has 2 rings (SSSR count). The number of thiophene rings is 1. The molecule has 6 nitrogen and oxygen atoms in total. The first-order valence-corrected chi connectivity index (χ1v) is 13.2. The largest absolute Gasteiger partial charge is 0.310 e. The number of halogens is 1. The van der Waals surface area contributed by atoms with Gasteiger partial charge in [-0.15, -0.1) is 11.3 Å². The minimum Gasteiger partial charge on any atom is -0.310 e. The van der Waals surface area contributed by atoms with Crippen LogP contribution < -0.4 is 5.32 Å². The van der Waals surface area contributed by atoms with E-state index in [9.17, 15) is 16.8 Å². The fraction of sp³-hybridized carbons (Fsp3) is 0.750. The molecule has 2 heterocycles. The van der Waals surface area contributed by atoms with E-state index in [2.05, 4.69) is 37.9 Å². The third-order valence-electron chi connectivity index (χ3n) is 4.94. The molecule has 0 spiro atoms. The molecule has 1 aromatic heterocycles. The van der Waals surface area contributed by atoms with E-state index in [-0.39, 0.29) is 21.3 Å². The van der Waals surface area contributed by atoms with Crippen LogP contribution in [-0.2, 0) is 19.7 Å². The molecule has 26 heavy (non-hydrogen) atoms. The lowest BCUT2D eigenvalue weighted by Crippen LogP contribution is -2.54. The van der Waals surface area contributed by atoms with Gasteiger partial charge in [-0.1, -0.05) is 25.4 Å². The van der Waals surface area contributed by atoms with Gasteiger partial charge in [-0.25, -0.2) is 16.8 Å². The number of likely N-dealkylation sites (N-methyl/N-ethyl adjacent to an activating group) is 1. The molecule has 1 N–H and O–H groups in total. The van der Waals surface area contributed by atoms with Gasteiger partial charge in [0.25, 0.3) is 0 Å². The summed E-state index contributed by atoms with van der Waals surface area (Å²) in [6.45, 7) is 10.5. The monoisotopic (exact) mass is 442 g/mol. The van der Waals surface area contributed by atoms with Gasteiger partial charge in [-0.3, -0.25) is 4.90 Å². The molecule has 1 aromatic rings. The summed E-state index contributed by atoms with van der Waals surface area (Å²) in [5.74, 6) is -0.515. The van der Waals surface area contributed by atoms with E-state index in [4.69, 9.17) is 11.6 Å². The molecular weight excluding hydrogens is 416 g/mol. The van der Waals surface area contributed by atoms with Crippen LogP contribution in [0, 0.1) is 0 Å². The molecule has 0 unspecified atom stereocenters. The zero-order valence-corrected chi connectivity index (χ0v) is 18.7. The van der Waals surface area contributed by atoms with Crippen molar-refractivity contribution >= 4 is 42.6 Å². The first kappa shape index (κ1) is 22.1. The van der Waals surface area contributed by atoms with Crippen molar-refractivity contribution in [1.82, 2.24) is 10.2 Å². The van der Waals surface area contributed by atoms with Crippen LogP contribution >= 0.6 is 22.9 Å². The van der Waals surface area contributed by atoms with E-state index in [1.54, 1.807) is 0 Å². The second kappa shape index (κ2) is 8.05. The van der Waals surface area contributed by atoms with Crippen LogP contribution in [0.5, 0.6) is 0 Å². The van der Waals surface area contributed by atoms with Crippen molar-refractivity contribution in [2.24, 2.45) is 0 Å². The lowest BCUT2D eigenvalue weighted by molar-refractivity contribution is 0.130. The molecule has 0 aliphatic carbocycles. The fourth-order valence-corrected chi connectivity index (χ4v) is 9.91. The Bertz CT molecular complexity index is 829. The third-order valence-corrected chi connectivity index (χ3v) is 10.9. The highest BCUT2D eigenvalue weighted by Crippen LogP contribution is 2.32. The Morgan fingerprint density at radius 3 is 2.38 bits per heavy atom. The van der Waals surface area contributed by atoms with Crippen molar-refractivity contribution < 1.29 is 16.8 Å². The van der Waals surface area contributed by atoms with E-state index < -0.39 is 31.0 Å². The van der Waals surface area contributed by atoms with Crippen molar-refractivity contribution in [3.05, 3.63) is 16.5 Å². The molecule has 0 saturated carbocycles. The molecule has 1 saturated heterocycles. The van der Waals surface area contributed by atoms with Gasteiger partial charge >= 0.3 is 0 Å². The van der Waals surface area contributed by atoms with E-state index >= 15 is 0 Å². The Labute approximate surface area is 165 Å². The highest BCUT2D eigenvalue weighted by atomic mass is 35.5. The second-order valence-electron chi connectivity index (χ2n) is 7.19. The van der Waals surface area contributed by atoms with Gasteiger partial charge in [0.1, 0.15) is 4.21 Å². The van der Waals surface area contributed by atoms with Crippen LogP contribution in [0.4, 0.5) is 0 Å². The number of rotatable bonds is 8. The molecule has 150 valence electrons. The minimum absolute atomic E-state index is 0.124. The van der Waals surface area contributed by atoms with Gasteiger partial charge in [0.15, 0.2) is 19.7 Å². The lowest BCUT2D eigenvalue weighted by Gasteiger charge is -2.38. The molecule has 1 aliphatic heterocycles. The smallest absolute Gasteiger partial charge is 0.193 e. The Kier molecular flexibility index (Phi) is 6.84. The average Bonchev–Trinajstić information content (AvgIpc) is 3.10. The molecule has 2 atom stereocenters. The normalized spacial score (nSPS) is 23.6. The predicted molar refractivity (Wildman–Crippen MR) is 108 cm³/mol. The first-order valence-electron chi connectivity index (χ1n) is 8.61. The lowest BCUT2D eigenvalue weighted by atomic mass is 10.0. The van der Waals surface area contributed by atoms with Crippen molar-refractivity contribution in [2.45, 2.75) is 48.7 Å². The Hall–Kier alpha value is -0.190.